The van der Waals surface area contributed by atoms with Gasteiger partial charge in [0, 0.05) is 24.8 Å². The molecule has 1 saturated heterocycles. The van der Waals surface area contributed by atoms with Crippen LogP contribution in [0.5, 0.6) is 0 Å². The van der Waals surface area contributed by atoms with Crippen molar-refractivity contribution >= 4 is 5.91 Å². The van der Waals surface area contributed by atoms with E-state index in [1.807, 2.05) is 0 Å². The maximum atomic E-state index is 12.0. The number of fused-ring (bicyclic) bond motifs is 1. The first-order chi connectivity index (χ1) is 9.18. The molecule has 4 unspecified atom stereocenters. The number of nitrogens with one attached hydrogen (secondary N) is 2. The first kappa shape index (κ1) is 12.4. The van der Waals surface area contributed by atoms with Gasteiger partial charge in [-0.05, 0) is 25.0 Å². The first-order valence-electron chi connectivity index (χ1n) is 6.54. The number of amides is 1. The normalized spacial score (nSPS) is 33.1. The summed E-state index contributed by atoms with van der Waals surface area (Å²) in [7, 11) is 0. The van der Waals surface area contributed by atoms with Crippen molar-refractivity contribution in [3.05, 3.63) is 34.2 Å². The van der Waals surface area contributed by atoms with Gasteiger partial charge in [-0.25, -0.2) is 0 Å². The predicted molar refractivity (Wildman–Crippen MR) is 68.8 cm³/mol. The van der Waals surface area contributed by atoms with E-state index in [0.29, 0.717) is 12.5 Å². The predicted octanol–water partition coefficient (Wildman–Crippen LogP) is -0.391. The minimum atomic E-state index is -0.394. The van der Waals surface area contributed by atoms with Crippen LogP contribution in [0.3, 0.4) is 0 Å². The van der Waals surface area contributed by atoms with Crippen LogP contribution in [0.25, 0.3) is 0 Å². The Hall–Kier alpha value is -1.66. The lowest BCUT2D eigenvalue weighted by Gasteiger charge is -2.52. The molecule has 3 rings (SSSR count). The Morgan fingerprint density at radius 1 is 1.53 bits per heavy atom. The number of H-pyrrole nitrogens is 1. The number of carbonyl (C=O) groups is 1. The van der Waals surface area contributed by atoms with Crippen LogP contribution >= 0.6 is 0 Å². The number of carbonyl (C=O) groups excluding carboxylic acids is 1. The summed E-state index contributed by atoms with van der Waals surface area (Å²) >= 11 is 0. The van der Waals surface area contributed by atoms with Crippen molar-refractivity contribution in [2.45, 2.75) is 31.0 Å². The molecule has 1 aromatic rings. The molecule has 0 spiro atoms. The summed E-state index contributed by atoms with van der Waals surface area (Å²) < 4.78 is 5.65. The molecule has 1 aliphatic carbocycles. The zero-order valence-electron chi connectivity index (χ0n) is 10.5. The molecule has 4 N–H and O–H groups in total. The highest BCUT2D eigenvalue weighted by Gasteiger charge is 2.51. The molecular formula is C13H17N3O3. The van der Waals surface area contributed by atoms with Crippen LogP contribution in [0.15, 0.2) is 23.1 Å². The summed E-state index contributed by atoms with van der Waals surface area (Å²) in [5.41, 5.74) is 5.77. The van der Waals surface area contributed by atoms with Crippen molar-refractivity contribution in [3.63, 3.8) is 0 Å². The van der Waals surface area contributed by atoms with E-state index < -0.39 is 11.5 Å². The van der Waals surface area contributed by atoms with Gasteiger partial charge in [-0.3, -0.25) is 9.59 Å². The highest BCUT2D eigenvalue weighted by atomic mass is 16.5. The smallest absolute Gasteiger partial charge is 0.260 e. The van der Waals surface area contributed by atoms with Crippen LogP contribution in [0.4, 0.5) is 0 Å². The molecule has 2 heterocycles. The zero-order chi connectivity index (χ0) is 13.4. The van der Waals surface area contributed by atoms with Crippen molar-refractivity contribution in [2.24, 2.45) is 11.7 Å². The molecule has 2 aliphatic rings. The standard InChI is InChI=1S/C13H17N3O3/c14-9-7-4-2-6-19-11(7)10(9)16-13(18)8-3-1-5-15-12(8)17/h1,3,5,7,9-11H,2,4,6,14H2,(H,15,17)(H,16,18). The Labute approximate surface area is 110 Å². The third kappa shape index (κ3) is 2.06. The van der Waals surface area contributed by atoms with Crippen molar-refractivity contribution in [1.82, 2.24) is 10.3 Å². The number of aromatic nitrogens is 1. The molecule has 102 valence electrons. The minimum absolute atomic E-state index is 0.00417. The second-order valence-corrected chi connectivity index (χ2v) is 5.13. The lowest BCUT2D eigenvalue weighted by molar-refractivity contribution is -0.117. The molecule has 0 aromatic carbocycles. The lowest BCUT2D eigenvalue weighted by atomic mass is 9.68. The van der Waals surface area contributed by atoms with Gasteiger partial charge in [0.05, 0.1) is 12.1 Å². The molecule has 6 heteroatoms. The molecular weight excluding hydrogens is 246 g/mol. The highest BCUT2D eigenvalue weighted by Crippen LogP contribution is 2.36. The van der Waals surface area contributed by atoms with Gasteiger partial charge in [0.2, 0.25) is 0 Å². The molecule has 0 radical (unpaired) electrons. The molecule has 4 atom stereocenters. The van der Waals surface area contributed by atoms with Crippen molar-refractivity contribution in [3.8, 4) is 0 Å². The monoisotopic (exact) mass is 263 g/mol. The van der Waals surface area contributed by atoms with Crippen LogP contribution in [-0.2, 0) is 4.74 Å². The summed E-state index contributed by atoms with van der Waals surface area (Å²) in [4.78, 5) is 26.1. The van der Waals surface area contributed by atoms with E-state index in [0.717, 1.165) is 12.8 Å². The summed E-state index contributed by atoms with van der Waals surface area (Å²) in [5, 5.41) is 2.81. The Morgan fingerprint density at radius 3 is 3.16 bits per heavy atom. The fraction of sp³-hybridized carbons (Fsp3) is 0.538. The molecule has 19 heavy (non-hydrogen) atoms. The van der Waals surface area contributed by atoms with E-state index in [9.17, 15) is 9.59 Å². The quantitative estimate of drug-likeness (QED) is 0.677. The van der Waals surface area contributed by atoms with Gasteiger partial charge in [0.25, 0.3) is 11.5 Å². The fourth-order valence-electron chi connectivity index (χ4n) is 2.96. The third-order valence-corrected chi connectivity index (χ3v) is 4.04. The average Bonchev–Trinajstić information content (AvgIpc) is 2.44. The van der Waals surface area contributed by atoms with E-state index in [2.05, 4.69) is 10.3 Å². The van der Waals surface area contributed by atoms with Crippen LogP contribution in [0.1, 0.15) is 23.2 Å². The van der Waals surface area contributed by atoms with Gasteiger partial charge in [-0.2, -0.15) is 0 Å². The van der Waals surface area contributed by atoms with Crippen molar-refractivity contribution in [2.75, 3.05) is 6.61 Å². The summed E-state index contributed by atoms with van der Waals surface area (Å²) in [6, 6.07) is 2.84. The summed E-state index contributed by atoms with van der Waals surface area (Å²) in [5.74, 6) is -0.0666. The Bertz CT molecular complexity index is 542. The SMILES string of the molecule is NC1C2CCCOC2C1NC(=O)c1ccc[nH]c1=O. The first-order valence-corrected chi connectivity index (χ1v) is 6.54. The number of hydrogen-bond acceptors (Lipinski definition) is 4. The second-order valence-electron chi connectivity index (χ2n) is 5.13. The third-order valence-electron chi connectivity index (χ3n) is 4.04. The molecule has 6 nitrogen and oxygen atoms in total. The van der Waals surface area contributed by atoms with Gasteiger partial charge in [-0.1, -0.05) is 0 Å². The number of rotatable bonds is 2. The number of ether oxygens (including phenoxy) is 1. The zero-order valence-corrected chi connectivity index (χ0v) is 10.5. The number of aromatic amines is 1. The van der Waals surface area contributed by atoms with E-state index in [-0.39, 0.29) is 23.8 Å². The van der Waals surface area contributed by atoms with Crippen LogP contribution in [0, 0.1) is 5.92 Å². The second kappa shape index (κ2) is 4.79. The Morgan fingerprint density at radius 2 is 2.37 bits per heavy atom. The minimum Gasteiger partial charge on any atom is -0.376 e. The van der Waals surface area contributed by atoms with E-state index in [4.69, 9.17) is 10.5 Å². The molecule has 1 aliphatic heterocycles. The molecule has 1 aromatic heterocycles. The largest absolute Gasteiger partial charge is 0.376 e. The highest BCUT2D eigenvalue weighted by molar-refractivity contribution is 5.94. The molecule has 1 saturated carbocycles. The van der Waals surface area contributed by atoms with E-state index in [1.54, 1.807) is 6.07 Å². The maximum Gasteiger partial charge on any atom is 0.260 e. The summed E-state index contributed by atoms with van der Waals surface area (Å²) in [6.07, 6.45) is 3.56. The van der Waals surface area contributed by atoms with E-state index in [1.165, 1.54) is 12.3 Å². The van der Waals surface area contributed by atoms with Gasteiger partial charge in [0.1, 0.15) is 5.56 Å². The topological polar surface area (TPSA) is 97.2 Å². The number of pyridine rings is 1. The molecule has 0 bridgehead atoms. The number of hydrogen-bond donors (Lipinski definition) is 3. The Kier molecular flexibility index (Phi) is 3.12. The number of nitrogens with two attached hydrogens (primary N) is 1. The summed E-state index contributed by atoms with van der Waals surface area (Å²) in [6.45, 7) is 0.714. The Balaban J connectivity index is 1.71. The maximum absolute atomic E-state index is 12.0. The van der Waals surface area contributed by atoms with Crippen molar-refractivity contribution < 1.29 is 9.53 Å². The molecule has 2 fully saturated rings. The van der Waals surface area contributed by atoms with Crippen molar-refractivity contribution in [1.29, 1.82) is 0 Å². The van der Waals surface area contributed by atoms with Crippen LogP contribution < -0.4 is 16.6 Å². The van der Waals surface area contributed by atoms with Crippen LogP contribution in [0.2, 0.25) is 0 Å². The van der Waals surface area contributed by atoms with Crippen LogP contribution in [-0.4, -0.2) is 35.7 Å². The van der Waals surface area contributed by atoms with E-state index >= 15 is 0 Å². The van der Waals surface area contributed by atoms with Gasteiger partial charge in [0.15, 0.2) is 0 Å². The van der Waals surface area contributed by atoms with Gasteiger partial charge >= 0.3 is 0 Å². The van der Waals surface area contributed by atoms with Gasteiger partial charge in [-0.15, -0.1) is 0 Å². The van der Waals surface area contributed by atoms with Gasteiger partial charge < -0.3 is 20.8 Å². The molecule has 1 amide bonds. The fourth-order valence-corrected chi connectivity index (χ4v) is 2.96. The lowest BCUT2D eigenvalue weighted by Crippen LogP contribution is -2.72. The average molecular weight is 263 g/mol.